The van der Waals surface area contributed by atoms with Crippen LogP contribution in [0.3, 0.4) is 0 Å². The quantitative estimate of drug-likeness (QED) is 0.290. The van der Waals surface area contributed by atoms with Gasteiger partial charge in [-0.2, -0.15) is 0 Å². The zero-order valence-corrected chi connectivity index (χ0v) is 19.4. The van der Waals surface area contributed by atoms with E-state index in [9.17, 15) is 8.78 Å². The number of nitrogens with one attached hydrogen (secondary N) is 2. The number of hydrogen-bond donors (Lipinski definition) is 2. The van der Waals surface area contributed by atoms with E-state index in [-0.39, 0.29) is 24.0 Å². The van der Waals surface area contributed by atoms with Crippen molar-refractivity contribution in [3.05, 3.63) is 82.9 Å². The molecule has 0 fully saturated rings. The van der Waals surface area contributed by atoms with Gasteiger partial charge in [-0.25, -0.2) is 13.8 Å². The summed E-state index contributed by atoms with van der Waals surface area (Å²) in [6.45, 7) is 4.52. The van der Waals surface area contributed by atoms with Crippen LogP contribution in [-0.4, -0.2) is 20.7 Å². The lowest BCUT2D eigenvalue weighted by molar-refractivity contribution is 0.550. The first-order valence-corrected chi connectivity index (χ1v) is 9.32. The van der Waals surface area contributed by atoms with Gasteiger partial charge in [-0.15, -0.1) is 34.2 Å². The highest BCUT2D eigenvalue weighted by Crippen LogP contribution is 2.17. The summed E-state index contributed by atoms with van der Waals surface area (Å²) in [6, 6.07) is 12.9. The van der Waals surface area contributed by atoms with Crippen molar-refractivity contribution >= 4 is 29.9 Å². The Morgan fingerprint density at radius 2 is 1.87 bits per heavy atom. The number of hydrogen-bond acceptors (Lipinski definition) is 3. The van der Waals surface area contributed by atoms with E-state index in [1.807, 2.05) is 48.9 Å². The van der Waals surface area contributed by atoms with Crippen molar-refractivity contribution in [2.75, 3.05) is 0 Å². The molecule has 0 aliphatic carbocycles. The normalized spacial score (nSPS) is 12.2. The van der Waals surface area contributed by atoms with E-state index in [1.54, 1.807) is 6.92 Å². The van der Waals surface area contributed by atoms with Crippen molar-refractivity contribution in [3.63, 3.8) is 0 Å². The summed E-state index contributed by atoms with van der Waals surface area (Å²) in [4.78, 5) is 4.60. The number of aryl methyl sites for hydroxylation is 1. The molecular formula is C21H25F2IN6. The molecule has 1 unspecified atom stereocenters. The first kappa shape index (κ1) is 23.7. The van der Waals surface area contributed by atoms with E-state index in [0.717, 1.165) is 23.3 Å². The van der Waals surface area contributed by atoms with Gasteiger partial charge in [0.2, 0.25) is 0 Å². The smallest absolute Gasteiger partial charge is 0.192 e. The van der Waals surface area contributed by atoms with E-state index in [2.05, 4.69) is 25.8 Å². The van der Waals surface area contributed by atoms with E-state index in [0.29, 0.717) is 24.6 Å². The van der Waals surface area contributed by atoms with Crippen molar-refractivity contribution in [1.82, 2.24) is 25.4 Å². The number of benzene rings is 2. The second-order valence-electron chi connectivity index (χ2n) is 6.76. The molecule has 1 aromatic heterocycles. The van der Waals surface area contributed by atoms with Gasteiger partial charge in [-0.1, -0.05) is 36.4 Å². The van der Waals surface area contributed by atoms with Crippen LogP contribution in [0.25, 0.3) is 0 Å². The lowest BCUT2D eigenvalue weighted by Crippen LogP contribution is -2.39. The lowest BCUT2D eigenvalue weighted by atomic mass is 10.1. The molecule has 0 radical (unpaired) electrons. The number of guanidine groups is 1. The molecular weight excluding hydrogens is 501 g/mol. The van der Waals surface area contributed by atoms with Crippen LogP contribution in [0.2, 0.25) is 0 Å². The highest BCUT2D eigenvalue weighted by Gasteiger charge is 2.14. The highest BCUT2D eigenvalue weighted by atomic mass is 127. The van der Waals surface area contributed by atoms with Gasteiger partial charge in [0, 0.05) is 18.7 Å². The Labute approximate surface area is 191 Å². The van der Waals surface area contributed by atoms with Crippen molar-refractivity contribution < 1.29 is 8.78 Å². The van der Waals surface area contributed by atoms with Gasteiger partial charge in [-0.05, 0) is 25.5 Å². The Morgan fingerprint density at radius 1 is 1.13 bits per heavy atom. The van der Waals surface area contributed by atoms with Crippen LogP contribution in [-0.2, 0) is 20.1 Å². The van der Waals surface area contributed by atoms with Gasteiger partial charge in [0.1, 0.15) is 17.5 Å². The van der Waals surface area contributed by atoms with Crippen LogP contribution in [0.1, 0.15) is 35.7 Å². The molecule has 0 bridgehead atoms. The monoisotopic (exact) mass is 526 g/mol. The zero-order chi connectivity index (χ0) is 20.8. The summed E-state index contributed by atoms with van der Waals surface area (Å²) < 4.78 is 29.2. The molecule has 2 N–H and O–H groups in total. The molecule has 0 saturated heterocycles. The molecule has 30 heavy (non-hydrogen) atoms. The fraction of sp³-hybridized carbons (Fsp3) is 0.286. The number of aliphatic imine (C=N–C) groups is 1. The molecule has 0 spiro atoms. The minimum Gasteiger partial charge on any atom is -0.350 e. The molecule has 2 aromatic carbocycles. The number of rotatable bonds is 6. The first-order chi connectivity index (χ1) is 13.9. The van der Waals surface area contributed by atoms with Gasteiger partial charge >= 0.3 is 0 Å². The van der Waals surface area contributed by atoms with Crippen molar-refractivity contribution in [2.45, 2.75) is 33.0 Å². The molecule has 0 aliphatic heterocycles. The standard InChI is InChI=1S/C21H24F2N6.HI/c1-14(18-10-9-17(22)11-19(18)23)26-21(24-12-16-7-5-4-6-8-16)25-13-20-28-27-15(2)29(20)3;/h4-11,14H,12-13H2,1-3H3,(H2,24,25,26);1H. The predicted molar refractivity (Wildman–Crippen MR) is 123 cm³/mol. The SMILES string of the molecule is Cc1nnc(CNC(=NCc2ccccc2)NC(C)c2ccc(F)cc2F)n1C.I. The molecule has 3 rings (SSSR count). The Bertz CT molecular complexity index is 990. The maximum Gasteiger partial charge on any atom is 0.192 e. The summed E-state index contributed by atoms with van der Waals surface area (Å²) >= 11 is 0. The molecule has 1 atom stereocenters. The summed E-state index contributed by atoms with van der Waals surface area (Å²) in [7, 11) is 1.89. The summed E-state index contributed by atoms with van der Waals surface area (Å²) in [5.74, 6) is 0.839. The van der Waals surface area contributed by atoms with Crippen molar-refractivity contribution in [3.8, 4) is 0 Å². The van der Waals surface area contributed by atoms with Crippen LogP contribution in [0, 0.1) is 18.6 Å². The van der Waals surface area contributed by atoms with Crippen LogP contribution >= 0.6 is 24.0 Å². The Hall–Kier alpha value is -2.56. The maximum atomic E-state index is 14.1. The fourth-order valence-electron chi connectivity index (χ4n) is 2.81. The lowest BCUT2D eigenvalue weighted by Gasteiger charge is -2.19. The Balaban J connectivity index is 0.00000320. The van der Waals surface area contributed by atoms with Gasteiger partial charge in [0.05, 0.1) is 19.1 Å². The van der Waals surface area contributed by atoms with Crippen molar-refractivity contribution in [1.29, 1.82) is 0 Å². The summed E-state index contributed by atoms with van der Waals surface area (Å²) in [6.07, 6.45) is 0. The van der Waals surface area contributed by atoms with E-state index < -0.39 is 17.7 Å². The molecule has 0 saturated carbocycles. The number of nitrogens with zero attached hydrogens (tertiary/aromatic N) is 4. The summed E-state index contributed by atoms with van der Waals surface area (Å²) in [5.41, 5.74) is 1.40. The van der Waals surface area contributed by atoms with E-state index in [4.69, 9.17) is 0 Å². The molecule has 6 nitrogen and oxygen atoms in total. The minimum atomic E-state index is -0.604. The Kier molecular flexibility index (Phi) is 8.70. The molecule has 3 aromatic rings. The third-order valence-electron chi connectivity index (χ3n) is 4.64. The second kappa shape index (κ2) is 11.0. The highest BCUT2D eigenvalue weighted by molar-refractivity contribution is 14.0. The van der Waals surface area contributed by atoms with Gasteiger partial charge in [-0.3, -0.25) is 0 Å². The van der Waals surface area contributed by atoms with Crippen LogP contribution in [0.15, 0.2) is 53.5 Å². The third kappa shape index (κ3) is 6.22. The number of halogens is 3. The van der Waals surface area contributed by atoms with Crippen LogP contribution < -0.4 is 10.6 Å². The first-order valence-electron chi connectivity index (χ1n) is 9.32. The fourth-order valence-corrected chi connectivity index (χ4v) is 2.81. The van der Waals surface area contributed by atoms with Crippen LogP contribution in [0.5, 0.6) is 0 Å². The van der Waals surface area contributed by atoms with E-state index >= 15 is 0 Å². The van der Waals surface area contributed by atoms with Crippen molar-refractivity contribution in [2.24, 2.45) is 12.0 Å². The molecule has 1 heterocycles. The summed E-state index contributed by atoms with van der Waals surface area (Å²) in [5, 5.41) is 14.6. The third-order valence-corrected chi connectivity index (χ3v) is 4.64. The van der Waals surface area contributed by atoms with E-state index in [1.165, 1.54) is 12.1 Å². The molecule has 160 valence electrons. The van der Waals surface area contributed by atoms with Crippen LogP contribution in [0.4, 0.5) is 8.78 Å². The zero-order valence-electron chi connectivity index (χ0n) is 17.1. The number of aromatic nitrogens is 3. The largest absolute Gasteiger partial charge is 0.350 e. The molecule has 9 heteroatoms. The van der Waals surface area contributed by atoms with Gasteiger partial charge < -0.3 is 15.2 Å². The topological polar surface area (TPSA) is 67.1 Å². The molecule has 0 amide bonds. The average Bonchev–Trinajstić information content (AvgIpc) is 3.02. The van der Waals surface area contributed by atoms with Gasteiger partial charge in [0.25, 0.3) is 0 Å². The maximum absolute atomic E-state index is 14.1. The van der Waals surface area contributed by atoms with Gasteiger partial charge in [0.15, 0.2) is 11.8 Å². The average molecular weight is 526 g/mol. The Morgan fingerprint density at radius 3 is 2.50 bits per heavy atom. The predicted octanol–water partition coefficient (Wildman–Crippen LogP) is 4.02. The minimum absolute atomic E-state index is 0. The molecule has 0 aliphatic rings. The second-order valence-corrected chi connectivity index (χ2v) is 6.76.